The molecule has 2 aromatic rings. The van der Waals surface area contributed by atoms with Gasteiger partial charge in [-0.15, -0.1) is 0 Å². The summed E-state index contributed by atoms with van der Waals surface area (Å²) in [7, 11) is 1.35. The summed E-state index contributed by atoms with van der Waals surface area (Å²) in [6.07, 6.45) is 0. The third kappa shape index (κ3) is 2.20. The molecule has 0 spiro atoms. The SMILES string of the molecule is COC(=O)c1ccc(-c2csc(=O)s2)cc1. The van der Waals surface area contributed by atoms with Crippen LogP contribution in [0.4, 0.5) is 0 Å². The number of benzene rings is 1. The molecule has 0 N–H and O–H groups in total. The first-order valence-corrected chi connectivity index (χ1v) is 6.17. The molecule has 1 heterocycles. The Morgan fingerprint density at radius 2 is 1.94 bits per heavy atom. The highest BCUT2D eigenvalue weighted by atomic mass is 32.2. The summed E-state index contributed by atoms with van der Waals surface area (Å²) in [4.78, 5) is 23.2. The maximum atomic E-state index is 11.2. The van der Waals surface area contributed by atoms with E-state index in [1.165, 1.54) is 29.8 Å². The van der Waals surface area contributed by atoms with Crippen molar-refractivity contribution in [3.8, 4) is 10.4 Å². The van der Waals surface area contributed by atoms with Gasteiger partial charge in [-0.1, -0.05) is 34.8 Å². The molecule has 0 saturated carbocycles. The Kier molecular flexibility index (Phi) is 3.17. The van der Waals surface area contributed by atoms with Gasteiger partial charge in [0.2, 0.25) is 0 Å². The first kappa shape index (κ1) is 11.0. The Morgan fingerprint density at radius 1 is 1.25 bits per heavy atom. The van der Waals surface area contributed by atoms with Crippen molar-refractivity contribution in [1.29, 1.82) is 0 Å². The smallest absolute Gasteiger partial charge is 0.337 e. The van der Waals surface area contributed by atoms with Crippen LogP contribution in [0, 0.1) is 0 Å². The van der Waals surface area contributed by atoms with Gasteiger partial charge in [0, 0.05) is 10.3 Å². The fourth-order valence-electron chi connectivity index (χ4n) is 1.25. The molecule has 0 fully saturated rings. The van der Waals surface area contributed by atoms with E-state index in [9.17, 15) is 9.59 Å². The maximum Gasteiger partial charge on any atom is 0.337 e. The molecule has 82 valence electrons. The highest BCUT2D eigenvalue weighted by molar-refractivity contribution is 7.28. The second-order valence-corrected chi connectivity index (χ2v) is 5.14. The largest absolute Gasteiger partial charge is 0.465 e. The van der Waals surface area contributed by atoms with Gasteiger partial charge < -0.3 is 4.74 Å². The second kappa shape index (κ2) is 4.59. The topological polar surface area (TPSA) is 43.4 Å². The van der Waals surface area contributed by atoms with Crippen molar-refractivity contribution in [3.63, 3.8) is 0 Å². The van der Waals surface area contributed by atoms with Crippen LogP contribution in [0.5, 0.6) is 0 Å². The number of hydrogen-bond acceptors (Lipinski definition) is 5. The summed E-state index contributed by atoms with van der Waals surface area (Å²) < 4.78 is 4.68. The van der Waals surface area contributed by atoms with Crippen LogP contribution in [-0.4, -0.2) is 13.1 Å². The highest BCUT2D eigenvalue weighted by Gasteiger charge is 2.06. The molecule has 3 nitrogen and oxygen atoms in total. The fourth-order valence-corrected chi connectivity index (χ4v) is 2.97. The molecule has 1 aromatic carbocycles. The number of hydrogen-bond donors (Lipinski definition) is 0. The van der Waals surface area contributed by atoms with E-state index in [4.69, 9.17) is 0 Å². The number of carbonyl (C=O) groups is 1. The Balaban J connectivity index is 2.32. The Bertz CT molecular complexity index is 551. The van der Waals surface area contributed by atoms with E-state index >= 15 is 0 Å². The van der Waals surface area contributed by atoms with Crippen molar-refractivity contribution in [2.24, 2.45) is 0 Å². The zero-order chi connectivity index (χ0) is 11.5. The van der Waals surface area contributed by atoms with Crippen LogP contribution < -0.4 is 4.06 Å². The third-order valence-electron chi connectivity index (χ3n) is 2.05. The summed E-state index contributed by atoms with van der Waals surface area (Å²) in [6, 6.07) is 7.00. The molecular formula is C11H8O3S2. The highest BCUT2D eigenvalue weighted by Crippen LogP contribution is 2.24. The second-order valence-electron chi connectivity index (χ2n) is 3.02. The van der Waals surface area contributed by atoms with Crippen molar-refractivity contribution >= 4 is 28.6 Å². The van der Waals surface area contributed by atoms with Gasteiger partial charge in [-0.3, -0.25) is 4.79 Å². The van der Waals surface area contributed by atoms with Crippen LogP contribution in [0.2, 0.25) is 0 Å². The molecule has 16 heavy (non-hydrogen) atoms. The van der Waals surface area contributed by atoms with Crippen molar-refractivity contribution in [2.45, 2.75) is 0 Å². The minimum Gasteiger partial charge on any atom is -0.465 e. The number of esters is 1. The van der Waals surface area contributed by atoms with E-state index in [-0.39, 0.29) is 10.0 Å². The van der Waals surface area contributed by atoms with Gasteiger partial charge in [0.1, 0.15) is 0 Å². The van der Waals surface area contributed by atoms with Gasteiger partial charge in [-0.25, -0.2) is 4.79 Å². The van der Waals surface area contributed by atoms with E-state index in [2.05, 4.69) is 4.74 Å². The standard InChI is InChI=1S/C11H8O3S2/c1-14-10(12)8-4-2-7(3-5-8)9-6-15-11(13)16-9/h2-6H,1H3. The first-order chi connectivity index (χ1) is 7.70. The molecule has 0 unspecified atom stereocenters. The Morgan fingerprint density at radius 3 is 2.44 bits per heavy atom. The van der Waals surface area contributed by atoms with Crippen LogP contribution in [0.15, 0.2) is 34.4 Å². The number of rotatable bonds is 2. The maximum absolute atomic E-state index is 11.2. The fraction of sp³-hybridized carbons (Fsp3) is 0.0909. The van der Waals surface area contributed by atoms with Crippen LogP contribution in [0.1, 0.15) is 10.4 Å². The molecule has 0 saturated heterocycles. The van der Waals surface area contributed by atoms with E-state index in [1.807, 2.05) is 17.5 Å². The van der Waals surface area contributed by atoms with Gasteiger partial charge in [0.25, 0.3) is 4.06 Å². The molecule has 0 amide bonds. The summed E-state index contributed by atoms with van der Waals surface area (Å²) in [5.41, 5.74) is 1.45. The van der Waals surface area contributed by atoms with Crippen LogP contribution in [-0.2, 0) is 4.74 Å². The third-order valence-corrected chi connectivity index (χ3v) is 4.02. The van der Waals surface area contributed by atoms with Crippen LogP contribution in [0.25, 0.3) is 10.4 Å². The lowest BCUT2D eigenvalue weighted by Gasteiger charge is -2.00. The summed E-state index contributed by atoms with van der Waals surface area (Å²) in [5, 5.41) is 1.82. The van der Waals surface area contributed by atoms with Crippen molar-refractivity contribution in [1.82, 2.24) is 0 Å². The molecule has 0 atom stereocenters. The van der Waals surface area contributed by atoms with E-state index in [0.717, 1.165) is 10.4 Å². The lowest BCUT2D eigenvalue weighted by Crippen LogP contribution is -2.00. The average molecular weight is 252 g/mol. The Hall–Kier alpha value is -1.46. The van der Waals surface area contributed by atoms with Crippen LogP contribution in [0.3, 0.4) is 0 Å². The molecule has 0 aliphatic carbocycles. The number of ether oxygens (including phenoxy) is 1. The number of methoxy groups -OCH3 is 1. The predicted octanol–water partition coefficient (Wildman–Crippen LogP) is 2.62. The zero-order valence-electron chi connectivity index (χ0n) is 8.43. The minimum atomic E-state index is -0.356. The Labute approximate surface area is 99.9 Å². The van der Waals surface area contributed by atoms with Gasteiger partial charge in [0.15, 0.2) is 0 Å². The predicted molar refractivity (Wildman–Crippen MR) is 65.2 cm³/mol. The molecule has 5 heteroatoms. The van der Waals surface area contributed by atoms with Crippen molar-refractivity contribution < 1.29 is 9.53 Å². The van der Waals surface area contributed by atoms with Gasteiger partial charge in [0.05, 0.1) is 12.7 Å². The summed E-state index contributed by atoms with van der Waals surface area (Å²) >= 11 is 2.39. The van der Waals surface area contributed by atoms with Crippen LogP contribution >= 0.6 is 22.7 Å². The van der Waals surface area contributed by atoms with Gasteiger partial charge in [-0.05, 0) is 17.7 Å². The van der Waals surface area contributed by atoms with Crippen molar-refractivity contribution in [2.75, 3.05) is 7.11 Å². The van der Waals surface area contributed by atoms with Gasteiger partial charge >= 0.3 is 5.97 Å². The molecule has 0 aliphatic heterocycles. The molecule has 0 radical (unpaired) electrons. The molecular weight excluding hydrogens is 244 g/mol. The average Bonchev–Trinajstić information content (AvgIpc) is 2.75. The lowest BCUT2D eigenvalue weighted by molar-refractivity contribution is 0.0601. The molecule has 0 aliphatic rings. The quantitative estimate of drug-likeness (QED) is 0.772. The monoisotopic (exact) mass is 252 g/mol. The van der Waals surface area contributed by atoms with E-state index in [0.29, 0.717) is 5.56 Å². The summed E-state index contributed by atoms with van der Waals surface area (Å²) in [5.74, 6) is -0.356. The van der Waals surface area contributed by atoms with Gasteiger partial charge in [-0.2, -0.15) is 0 Å². The lowest BCUT2D eigenvalue weighted by atomic mass is 10.1. The number of carbonyl (C=O) groups excluding carboxylic acids is 1. The van der Waals surface area contributed by atoms with E-state index < -0.39 is 0 Å². The summed E-state index contributed by atoms with van der Waals surface area (Å²) in [6.45, 7) is 0. The van der Waals surface area contributed by atoms with E-state index in [1.54, 1.807) is 12.1 Å². The molecule has 2 rings (SSSR count). The first-order valence-electron chi connectivity index (χ1n) is 4.48. The minimum absolute atomic E-state index is 0.0760. The molecule has 0 bridgehead atoms. The van der Waals surface area contributed by atoms with Crippen molar-refractivity contribution in [3.05, 3.63) is 44.1 Å². The normalized spacial score (nSPS) is 10.1. The molecule has 1 aromatic heterocycles. The zero-order valence-corrected chi connectivity index (χ0v) is 10.1.